The summed E-state index contributed by atoms with van der Waals surface area (Å²) in [5, 5.41) is 0. The third-order valence-corrected chi connectivity index (χ3v) is 2.66. The molecule has 0 amide bonds. The van der Waals surface area contributed by atoms with Gasteiger partial charge in [-0.15, -0.1) is 0 Å². The topological polar surface area (TPSA) is 26.3 Å². The van der Waals surface area contributed by atoms with Crippen LogP contribution in [0.15, 0.2) is 23.3 Å². The van der Waals surface area contributed by atoms with Crippen LogP contribution in [0, 0.1) is 5.41 Å². The summed E-state index contributed by atoms with van der Waals surface area (Å²) in [5.74, 6) is 0.0821. The van der Waals surface area contributed by atoms with Crippen molar-refractivity contribution >= 4 is 5.78 Å². The molecule has 0 bridgehead atoms. The zero-order chi connectivity index (χ0) is 10.1. The lowest BCUT2D eigenvalue weighted by Crippen LogP contribution is -2.22. The molecule has 0 spiro atoms. The lowest BCUT2D eigenvalue weighted by molar-refractivity contribution is -0.112. The van der Waals surface area contributed by atoms with Gasteiger partial charge in [0.2, 0.25) is 0 Å². The molecule has 1 aliphatic carbocycles. The summed E-state index contributed by atoms with van der Waals surface area (Å²) in [4.78, 5) is 11.5. The van der Waals surface area contributed by atoms with Crippen molar-refractivity contribution in [2.75, 3.05) is 13.7 Å². The van der Waals surface area contributed by atoms with Gasteiger partial charge in [-0.1, -0.05) is 25.5 Å². The van der Waals surface area contributed by atoms with Gasteiger partial charge < -0.3 is 4.74 Å². The third-order valence-electron chi connectivity index (χ3n) is 2.66. The van der Waals surface area contributed by atoms with E-state index in [-0.39, 0.29) is 11.2 Å². The summed E-state index contributed by atoms with van der Waals surface area (Å²) in [6.07, 6.45) is 3.59. The first-order valence-electron chi connectivity index (χ1n) is 4.42. The van der Waals surface area contributed by atoms with Gasteiger partial charge in [-0.25, -0.2) is 0 Å². The molecule has 0 radical (unpaired) electrons. The standard InChI is InChI=1S/C11H16O2/c1-8-9(7-13-4)10(12)5-6-11(8,2)3/h5-6H,7H2,1-4H3. The highest BCUT2D eigenvalue weighted by Gasteiger charge is 2.26. The first-order valence-corrected chi connectivity index (χ1v) is 4.42. The Balaban J connectivity index is 3.05. The van der Waals surface area contributed by atoms with Gasteiger partial charge in [0.25, 0.3) is 0 Å². The van der Waals surface area contributed by atoms with Gasteiger partial charge in [0.1, 0.15) is 0 Å². The Morgan fingerprint density at radius 1 is 1.46 bits per heavy atom. The van der Waals surface area contributed by atoms with Gasteiger partial charge in [0.05, 0.1) is 6.61 Å². The molecule has 2 nitrogen and oxygen atoms in total. The second kappa shape index (κ2) is 3.46. The van der Waals surface area contributed by atoms with E-state index in [0.717, 1.165) is 11.1 Å². The van der Waals surface area contributed by atoms with Gasteiger partial charge in [-0.05, 0) is 13.0 Å². The number of hydrogen-bond acceptors (Lipinski definition) is 2. The van der Waals surface area contributed by atoms with Gasteiger partial charge in [-0.3, -0.25) is 4.79 Å². The lowest BCUT2D eigenvalue weighted by Gasteiger charge is -2.27. The van der Waals surface area contributed by atoms with E-state index >= 15 is 0 Å². The van der Waals surface area contributed by atoms with Crippen molar-refractivity contribution in [2.24, 2.45) is 5.41 Å². The minimum absolute atomic E-state index is 0.0121. The van der Waals surface area contributed by atoms with Crippen LogP contribution in [0.2, 0.25) is 0 Å². The smallest absolute Gasteiger partial charge is 0.183 e. The summed E-state index contributed by atoms with van der Waals surface area (Å²) < 4.78 is 5.00. The molecule has 0 saturated heterocycles. The largest absolute Gasteiger partial charge is 0.380 e. The second-order valence-electron chi connectivity index (χ2n) is 3.96. The van der Waals surface area contributed by atoms with Gasteiger partial charge in [0.15, 0.2) is 5.78 Å². The zero-order valence-electron chi connectivity index (χ0n) is 8.68. The fraction of sp³-hybridized carbons (Fsp3) is 0.545. The molecule has 0 saturated carbocycles. The van der Waals surface area contributed by atoms with Crippen LogP contribution in [0.4, 0.5) is 0 Å². The second-order valence-corrected chi connectivity index (χ2v) is 3.96. The summed E-state index contributed by atoms with van der Waals surface area (Å²) in [6, 6.07) is 0. The monoisotopic (exact) mass is 180 g/mol. The molecule has 72 valence electrons. The summed E-state index contributed by atoms with van der Waals surface area (Å²) in [5.41, 5.74) is 1.90. The van der Waals surface area contributed by atoms with E-state index in [0.29, 0.717) is 6.61 Å². The first kappa shape index (κ1) is 10.2. The molecule has 0 heterocycles. The number of rotatable bonds is 2. The Bertz CT molecular complexity index is 282. The van der Waals surface area contributed by atoms with Gasteiger partial charge >= 0.3 is 0 Å². The molecule has 0 aromatic heterocycles. The Morgan fingerprint density at radius 3 is 2.62 bits per heavy atom. The number of ether oxygens (including phenoxy) is 1. The van der Waals surface area contributed by atoms with Crippen LogP contribution in [-0.2, 0) is 9.53 Å². The molecule has 0 aromatic rings. The fourth-order valence-electron chi connectivity index (χ4n) is 1.41. The summed E-state index contributed by atoms with van der Waals surface area (Å²) in [7, 11) is 1.61. The maximum atomic E-state index is 11.5. The van der Waals surface area contributed by atoms with Gasteiger partial charge in [-0.2, -0.15) is 0 Å². The highest BCUT2D eigenvalue weighted by Crippen LogP contribution is 2.33. The summed E-state index contributed by atoms with van der Waals surface area (Å²) in [6.45, 7) is 6.61. The molecule has 0 fully saturated rings. The van der Waals surface area contributed by atoms with Crippen LogP contribution in [0.1, 0.15) is 20.8 Å². The zero-order valence-corrected chi connectivity index (χ0v) is 8.68. The minimum Gasteiger partial charge on any atom is -0.380 e. The van der Waals surface area contributed by atoms with Crippen molar-refractivity contribution in [2.45, 2.75) is 20.8 Å². The average Bonchev–Trinajstić information content (AvgIpc) is 2.07. The average molecular weight is 180 g/mol. The van der Waals surface area contributed by atoms with Crippen molar-refractivity contribution < 1.29 is 9.53 Å². The Labute approximate surface area is 79.3 Å². The van der Waals surface area contributed by atoms with E-state index in [2.05, 4.69) is 13.8 Å². The normalized spacial score (nSPS) is 21.1. The molecular weight excluding hydrogens is 164 g/mol. The molecule has 0 aromatic carbocycles. The first-order chi connectivity index (χ1) is 5.99. The maximum Gasteiger partial charge on any atom is 0.183 e. The van der Waals surface area contributed by atoms with E-state index in [9.17, 15) is 4.79 Å². The van der Waals surface area contributed by atoms with Crippen molar-refractivity contribution in [3.8, 4) is 0 Å². The molecule has 0 N–H and O–H groups in total. The molecule has 1 aliphatic rings. The Hall–Kier alpha value is -0.890. The number of carbonyl (C=O) groups is 1. The molecule has 1 rings (SSSR count). The minimum atomic E-state index is -0.0121. The van der Waals surface area contributed by atoms with Crippen molar-refractivity contribution in [3.63, 3.8) is 0 Å². The molecular formula is C11H16O2. The quantitative estimate of drug-likeness (QED) is 0.650. The number of carbonyl (C=O) groups excluding carboxylic acids is 1. The fourth-order valence-corrected chi connectivity index (χ4v) is 1.41. The van der Waals surface area contributed by atoms with Crippen molar-refractivity contribution in [1.82, 2.24) is 0 Å². The van der Waals surface area contributed by atoms with E-state index in [1.165, 1.54) is 0 Å². The highest BCUT2D eigenvalue weighted by molar-refractivity contribution is 6.06. The van der Waals surface area contributed by atoms with E-state index in [1.54, 1.807) is 13.2 Å². The highest BCUT2D eigenvalue weighted by atomic mass is 16.5. The summed E-state index contributed by atoms with van der Waals surface area (Å²) >= 11 is 0. The van der Waals surface area contributed by atoms with Crippen LogP contribution in [0.25, 0.3) is 0 Å². The molecule has 0 aliphatic heterocycles. The molecule has 0 unspecified atom stereocenters. The third kappa shape index (κ3) is 1.89. The Morgan fingerprint density at radius 2 is 2.08 bits per heavy atom. The van der Waals surface area contributed by atoms with E-state index in [4.69, 9.17) is 4.74 Å². The molecule has 0 atom stereocenters. The molecule has 13 heavy (non-hydrogen) atoms. The van der Waals surface area contributed by atoms with Crippen molar-refractivity contribution in [1.29, 1.82) is 0 Å². The van der Waals surface area contributed by atoms with Crippen LogP contribution in [0.5, 0.6) is 0 Å². The van der Waals surface area contributed by atoms with E-state index in [1.807, 2.05) is 13.0 Å². The van der Waals surface area contributed by atoms with Gasteiger partial charge in [0, 0.05) is 18.1 Å². The Kier molecular flexibility index (Phi) is 2.71. The predicted octanol–water partition coefficient (Wildman–Crippen LogP) is 2.11. The number of hydrogen-bond donors (Lipinski definition) is 0. The number of ketones is 1. The lowest BCUT2D eigenvalue weighted by atomic mass is 9.77. The van der Waals surface area contributed by atoms with Crippen LogP contribution in [-0.4, -0.2) is 19.5 Å². The van der Waals surface area contributed by atoms with Crippen LogP contribution >= 0.6 is 0 Å². The van der Waals surface area contributed by atoms with Crippen molar-refractivity contribution in [3.05, 3.63) is 23.3 Å². The number of allylic oxidation sites excluding steroid dienone is 3. The SMILES string of the molecule is COCC1=C(C)C(C)(C)C=CC1=O. The number of methoxy groups -OCH3 is 1. The van der Waals surface area contributed by atoms with E-state index < -0.39 is 0 Å². The predicted molar refractivity (Wildman–Crippen MR) is 52.5 cm³/mol. The van der Waals surface area contributed by atoms with Crippen LogP contribution in [0.3, 0.4) is 0 Å². The van der Waals surface area contributed by atoms with Crippen LogP contribution < -0.4 is 0 Å². The maximum absolute atomic E-state index is 11.5. The molecule has 2 heteroatoms.